The zero-order valence-corrected chi connectivity index (χ0v) is 25.5. The maximum absolute atomic E-state index is 14.0. The van der Waals surface area contributed by atoms with Gasteiger partial charge in [0.2, 0.25) is 11.8 Å². The summed E-state index contributed by atoms with van der Waals surface area (Å²) in [5.74, 6) is -1.62. The van der Waals surface area contributed by atoms with Crippen LogP contribution in [-0.4, -0.2) is 70.7 Å². The predicted molar refractivity (Wildman–Crippen MR) is 163 cm³/mol. The summed E-state index contributed by atoms with van der Waals surface area (Å²) in [5.41, 5.74) is 1.08. The van der Waals surface area contributed by atoms with Crippen LogP contribution in [0.1, 0.15) is 22.8 Å². The number of fused-ring (bicyclic) bond motifs is 9. The molecule has 3 aromatic rings. The Kier molecular flexibility index (Phi) is 6.84. The van der Waals surface area contributed by atoms with Crippen molar-refractivity contribution in [2.45, 2.75) is 22.6 Å². The fourth-order valence-corrected chi connectivity index (χ4v) is 11.1. The number of morpholine rings is 1. The number of para-hydroxylation sites is 1. The van der Waals surface area contributed by atoms with E-state index in [2.05, 4.69) is 4.98 Å². The van der Waals surface area contributed by atoms with E-state index in [-0.39, 0.29) is 63.8 Å². The molecule has 12 nitrogen and oxygen atoms in total. The van der Waals surface area contributed by atoms with E-state index in [1.807, 2.05) is 24.3 Å². The Bertz CT molecular complexity index is 1780. The minimum atomic E-state index is -0.518. The molecule has 2 saturated heterocycles. The summed E-state index contributed by atoms with van der Waals surface area (Å²) in [6, 6.07) is 13.1. The minimum Gasteiger partial charge on any atom is -0.483 e. The zero-order chi connectivity index (χ0) is 31.0. The molecule has 5 aliphatic rings. The van der Waals surface area contributed by atoms with Gasteiger partial charge in [0.1, 0.15) is 5.75 Å². The largest absolute Gasteiger partial charge is 0.483 e. The molecule has 45 heavy (non-hydrogen) atoms. The van der Waals surface area contributed by atoms with Crippen LogP contribution in [-0.2, 0) is 19.1 Å². The Morgan fingerprint density at radius 2 is 1.73 bits per heavy atom. The molecule has 6 unspecified atom stereocenters. The fraction of sp³-hybridized carbons (Fsp3) is 0.419. The lowest BCUT2D eigenvalue weighted by molar-refractivity contribution is -0.384. The van der Waals surface area contributed by atoms with Crippen LogP contribution in [0, 0.1) is 39.7 Å². The van der Waals surface area contributed by atoms with Crippen molar-refractivity contribution < 1.29 is 28.8 Å². The normalized spacial score (nSPS) is 29.8. The summed E-state index contributed by atoms with van der Waals surface area (Å²) in [5, 5.41) is 11.9. The van der Waals surface area contributed by atoms with Gasteiger partial charge in [-0.05, 0) is 42.4 Å². The summed E-state index contributed by atoms with van der Waals surface area (Å²) < 4.78 is 11.5. The van der Waals surface area contributed by atoms with Crippen LogP contribution in [0.3, 0.4) is 0 Å². The lowest BCUT2D eigenvalue weighted by Gasteiger charge is -2.43. The van der Waals surface area contributed by atoms with E-state index in [0.29, 0.717) is 37.7 Å². The number of rotatable bonds is 6. The number of anilines is 1. The first kappa shape index (κ1) is 28.5. The topological polar surface area (TPSA) is 152 Å². The number of thioether (sulfide) groups is 1. The average molecular weight is 649 g/mol. The molecular weight excluding hydrogens is 620 g/mol. The molecule has 2 saturated carbocycles. The Balaban J connectivity index is 1.13. The molecule has 1 aromatic heterocycles. The number of imide groups is 1. The van der Waals surface area contributed by atoms with Crippen LogP contribution in [0.4, 0.5) is 11.4 Å². The number of aromatic nitrogens is 1. The van der Waals surface area contributed by atoms with Crippen LogP contribution < -0.4 is 14.5 Å². The van der Waals surface area contributed by atoms with Crippen molar-refractivity contribution in [3.63, 3.8) is 0 Å². The molecule has 2 bridgehead atoms. The maximum atomic E-state index is 14.0. The van der Waals surface area contributed by atoms with E-state index in [4.69, 9.17) is 9.47 Å². The predicted octanol–water partition coefficient (Wildman–Crippen LogP) is 3.26. The van der Waals surface area contributed by atoms with Crippen molar-refractivity contribution in [2.24, 2.45) is 29.6 Å². The third kappa shape index (κ3) is 4.44. The van der Waals surface area contributed by atoms with E-state index in [1.165, 1.54) is 29.2 Å². The first-order chi connectivity index (χ1) is 21.8. The number of hydrogen-bond donors (Lipinski definition) is 1. The highest BCUT2D eigenvalue weighted by Gasteiger charge is 2.69. The number of amides is 3. The molecule has 1 N–H and O–H groups in total. The van der Waals surface area contributed by atoms with Gasteiger partial charge in [-0.25, -0.2) is 0 Å². The number of thiazole rings is 1. The van der Waals surface area contributed by atoms with Gasteiger partial charge in [-0.3, -0.25) is 34.2 Å². The highest BCUT2D eigenvalue weighted by molar-refractivity contribution is 8.00. The third-order valence-corrected chi connectivity index (χ3v) is 12.6. The SMILES string of the molecule is O=C(COc1ccccc1[C@H]1c2sc(=O)[nH]c2SC2C3CC(C4C(=O)N(c5ccc([N+](=O)[O-])cc5)C(=O)C34)C21)N1CCOCC1. The molecule has 232 valence electrons. The first-order valence-electron chi connectivity index (χ1n) is 14.9. The number of nitrogens with one attached hydrogen (secondary N) is 1. The average Bonchev–Trinajstić information content (AvgIpc) is 3.79. The van der Waals surface area contributed by atoms with Gasteiger partial charge in [-0.2, -0.15) is 0 Å². The number of aromatic amines is 1. The molecule has 3 amide bonds. The number of nitro groups is 1. The summed E-state index contributed by atoms with van der Waals surface area (Å²) in [7, 11) is 0. The van der Waals surface area contributed by atoms with Gasteiger partial charge in [0.15, 0.2) is 6.61 Å². The van der Waals surface area contributed by atoms with Crippen molar-refractivity contribution in [1.82, 2.24) is 9.88 Å². The monoisotopic (exact) mass is 648 g/mol. The van der Waals surface area contributed by atoms with Crippen molar-refractivity contribution in [1.29, 1.82) is 0 Å². The smallest absolute Gasteiger partial charge is 0.305 e. The van der Waals surface area contributed by atoms with E-state index < -0.39 is 16.8 Å². The molecule has 3 aliphatic heterocycles. The van der Waals surface area contributed by atoms with Gasteiger partial charge in [0.05, 0.1) is 40.7 Å². The molecule has 0 spiro atoms. The first-order valence-corrected chi connectivity index (χ1v) is 16.6. The number of nitrogens with zero attached hydrogens (tertiary/aromatic N) is 3. The highest BCUT2D eigenvalue weighted by atomic mass is 32.2. The maximum Gasteiger partial charge on any atom is 0.305 e. The lowest BCUT2D eigenvalue weighted by atomic mass is 9.68. The van der Waals surface area contributed by atoms with Gasteiger partial charge >= 0.3 is 4.87 Å². The van der Waals surface area contributed by atoms with E-state index in [9.17, 15) is 29.3 Å². The van der Waals surface area contributed by atoms with Crippen molar-refractivity contribution in [3.05, 3.63) is 78.8 Å². The number of carbonyl (C=O) groups is 3. The van der Waals surface area contributed by atoms with Crippen LogP contribution in [0.25, 0.3) is 0 Å². The number of nitro benzene ring substituents is 1. The Morgan fingerprint density at radius 3 is 2.47 bits per heavy atom. The highest BCUT2D eigenvalue weighted by Crippen LogP contribution is 2.69. The molecule has 8 rings (SSSR count). The molecule has 4 fully saturated rings. The number of carbonyl (C=O) groups excluding carboxylic acids is 3. The van der Waals surface area contributed by atoms with Gasteiger partial charge < -0.3 is 19.4 Å². The van der Waals surface area contributed by atoms with Gasteiger partial charge in [-0.1, -0.05) is 29.5 Å². The Hall–Kier alpha value is -4.01. The molecule has 4 heterocycles. The van der Waals surface area contributed by atoms with E-state index >= 15 is 0 Å². The Labute approximate surface area is 264 Å². The third-order valence-electron chi connectivity index (χ3n) is 10.0. The van der Waals surface area contributed by atoms with Gasteiger partial charge in [0, 0.05) is 46.8 Å². The van der Waals surface area contributed by atoms with Crippen LogP contribution in [0.5, 0.6) is 5.75 Å². The number of H-pyrrole nitrogens is 1. The summed E-state index contributed by atoms with van der Waals surface area (Å²) in [6.45, 7) is 1.89. The van der Waals surface area contributed by atoms with Crippen molar-refractivity contribution >= 4 is 52.2 Å². The van der Waals surface area contributed by atoms with Crippen molar-refractivity contribution in [3.8, 4) is 5.75 Å². The molecule has 2 aromatic carbocycles. The molecular formula is C31H28N4O8S2. The van der Waals surface area contributed by atoms with Crippen LogP contribution in [0.2, 0.25) is 0 Å². The van der Waals surface area contributed by atoms with Gasteiger partial charge in [-0.15, -0.1) is 11.8 Å². The summed E-state index contributed by atoms with van der Waals surface area (Å²) in [4.78, 5) is 70.8. The second-order valence-corrected chi connectivity index (χ2v) is 14.3. The zero-order valence-electron chi connectivity index (χ0n) is 23.8. The molecule has 14 heteroatoms. The molecule has 2 aliphatic carbocycles. The fourth-order valence-electron chi connectivity index (χ4n) is 8.26. The second-order valence-electron chi connectivity index (χ2n) is 12.1. The molecule has 0 radical (unpaired) electrons. The number of ether oxygens (including phenoxy) is 2. The van der Waals surface area contributed by atoms with Gasteiger partial charge in [0.25, 0.3) is 11.6 Å². The number of benzene rings is 2. The number of hydrogen-bond acceptors (Lipinski definition) is 10. The quantitative estimate of drug-likeness (QED) is 0.241. The van der Waals surface area contributed by atoms with Crippen LogP contribution in [0.15, 0.2) is 58.4 Å². The summed E-state index contributed by atoms with van der Waals surface area (Å²) >= 11 is 2.75. The standard InChI is InChI=1S/C31H28N4O8S2/c36-21(33-9-11-42-12-10-33)14-43-20-4-2-1-3-17(20)22-23-18-13-19(26(23)44-28-27(22)45-31(39)32-28)25-24(18)29(37)34(30(25)38)15-5-7-16(8-6-15)35(40)41/h1-8,18-19,22-26H,9-14H2,(H,32,39)/t18?,19?,22-,23?,24?,25?,26?/m1/s1. The summed E-state index contributed by atoms with van der Waals surface area (Å²) in [6.07, 6.45) is 0.720. The van der Waals surface area contributed by atoms with E-state index in [1.54, 1.807) is 16.7 Å². The number of non-ortho nitro benzene ring substituents is 1. The molecule has 7 atom stereocenters. The second kappa shape index (κ2) is 10.8. The Morgan fingerprint density at radius 1 is 1.02 bits per heavy atom. The van der Waals surface area contributed by atoms with Crippen LogP contribution >= 0.6 is 23.1 Å². The van der Waals surface area contributed by atoms with Crippen molar-refractivity contribution in [2.75, 3.05) is 37.8 Å². The van der Waals surface area contributed by atoms with E-state index in [0.717, 1.165) is 33.2 Å². The lowest BCUT2D eigenvalue weighted by Crippen LogP contribution is -2.43. The minimum absolute atomic E-state index is 0.0180.